The molecule has 0 atom stereocenters. The Hall–Kier alpha value is -4.44. The van der Waals surface area contributed by atoms with Gasteiger partial charge in [0.2, 0.25) is 0 Å². The van der Waals surface area contributed by atoms with E-state index in [-0.39, 0.29) is 14.9 Å². The fourth-order valence-corrected chi connectivity index (χ4v) is 5.09. The van der Waals surface area contributed by atoms with Gasteiger partial charge in [-0.25, -0.2) is 0 Å². The quantitative estimate of drug-likeness (QED) is 0.277. The van der Waals surface area contributed by atoms with Crippen LogP contribution in [0.15, 0.2) is 133 Å². The molecule has 0 unspecified atom stereocenters. The molecule has 0 radical (unpaired) electrons. The van der Waals surface area contributed by atoms with Crippen molar-refractivity contribution in [2.45, 2.75) is 82.7 Å². The van der Waals surface area contributed by atoms with E-state index in [2.05, 4.69) is 171 Å². The van der Waals surface area contributed by atoms with Gasteiger partial charge in [0, 0.05) is 59.4 Å². The van der Waals surface area contributed by atoms with Crippen molar-refractivity contribution in [3.8, 4) is 0 Å². The lowest BCUT2D eigenvalue weighted by molar-refractivity contribution is 0.448. The molecular formula is C45H70N4. The number of allylic oxidation sites excluding steroid dienone is 8. The molecule has 2 aromatic carbocycles. The number of hydrogen-bond acceptors (Lipinski definition) is 4. The third-order valence-corrected chi connectivity index (χ3v) is 7.19. The van der Waals surface area contributed by atoms with Crippen LogP contribution in [0.1, 0.15) is 92.9 Å². The number of anilines is 1. The molecule has 4 nitrogen and oxygen atoms in total. The molecular weight excluding hydrogens is 597 g/mol. The van der Waals surface area contributed by atoms with E-state index in [1.807, 2.05) is 53.5 Å². The summed E-state index contributed by atoms with van der Waals surface area (Å²) >= 11 is 0. The maximum atomic E-state index is 2.28. The second kappa shape index (κ2) is 27.5. The molecule has 2 aromatic rings. The van der Waals surface area contributed by atoms with E-state index in [9.17, 15) is 0 Å². The summed E-state index contributed by atoms with van der Waals surface area (Å²) in [4.78, 5) is 8.57. The van der Waals surface area contributed by atoms with Crippen LogP contribution in [-0.4, -0.2) is 49.4 Å². The molecule has 0 saturated heterocycles. The largest absolute Gasteiger partial charge is 0.376 e. The van der Waals surface area contributed by atoms with Gasteiger partial charge < -0.3 is 19.6 Å². The first-order valence-corrected chi connectivity index (χ1v) is 17.4. The van der Waals surface area contributed by atoms with Gasteiger partial charge in [-0.2, -0.15) is 0 Å². The molecule has 0 amide bonds. The van der Waals surface area contributed by atoms with Crippen LogP contribution in [0.4, 0.5) is 5.69 Å². The Balaban J connectivity index is 0. The average Bonchev–Trinajstić information content (AvgIpc) is 3.12. The molecule has 1 aliphatic carbocycles. The fraction of sp³-hybridized carbons (Fsp3) is 0.378. The smallest absolute Gasteiger partial charge is 0.0439 e. The van der Waals surface area contributed by atoms with Gasteiger partial charge in [-0.1, -0.05) is 141 Å². The zero-order chi connectivity index (χ0) is 35.0. The molecule has 4 heterocycles. The van der Waals surface area contributed by atoms with Crippen molar-refractivity contribution in [2.24, 2.45) is 0 Å². The SMILES string of the molecule is C.C.CC.CC.CC.CC1=CN(C)C=C2C=CCC=C12.CN1C=CCC=C1.CN1C=Cc2ccccc2C1.CN1CC=Cc2ccccc21. The van der Waals surface area contributed by atoms with Crippen LogP contribution in [0.5, 0.6) is 0 Å². The lowest BCUT2D eigenvalue weighted by Gasteiger charge is -2.22. The lowest BCUT2D eigenvalue weighted by Crippen LogP contribution is -2.19. The van der Waals surface area contributed by atoms with Crippen molar-refractivity contribution >= 4 is 17.8 Å². The minimum absolute atomic E-state index is 0. The van der Waals surface area contributed by atoms with Crippen molar-refractivity contribution < 1.29 is 0 Å². The van der Waals surface area contributed by atoms with Crippen LogP contribution in [0.3, 0.4) is 0 Å². The van der Waals surface area contributed by atoms with E-state index in [1.54, 1.807) is 0 Å². The minimum Gasteiger partial charge on any atom is -0.376 e. The summed E-state index contributed by atoms with van der Waals surface area (Å²) in [5, 5.41) is 0. The molecule has 0 spiro atoms. The van der Waals surface area contributed by atoms with Crippen LogP contribution >= 0.6 is 0 Å². The predicted octanol–water partition coefficient (Wildman–Crippen LogP) is 12.6. The molecule has 0 N–H and O–H groups in total. The van der Waals surface area contributed by atoms with Crippen molar-refractivity contribution in [3.63, 3.8) is 0 Å². The maximum absolute atomic E-state index is 2.28. The second-order valence-electron chi connectivity index (χ2n) is 10.8. The van der Waals surface area contributed by atoms with E-state index < -0.39 is 0 Å². The van der Waals surface area contributed by atoms with E-state index >= 15 is 0 Å². The van der Waals surface area contributed by atoms with Gasteiger partial charge in [-0.05, 0) is 83.9 Å². The summed E-state index contributed by atoms with van der Waals surface area (Å²) in [6.45, 7) is 16.2. The van der Waals surface area contributed by atoms with Crippen LogP contribution < -0.4 is 4.90 Å². The molecule has 4 heteroatoms. The molecule has 0 bridgehead atoms. The first-order valence-electron chi connectivity index (χ1n) is 17.4. The zero-order valence-corrected chi connectivity index (χ0v) is 31.2. The Bertz CT molecular complexity index is 1410. The summed E-state index contributed by atoms with van der Waals surface area (Å²) in [6.07, 6.45) is 30.1. The first kappa shape index (κ1) is 46.7. The number of para-hydroxylation sites is 1. The Morgan fingerprint density at radius 3 is 1.80 bits per heavy atom. The number of rotatable bonds is 0. The highest BCUT2D eigenvalue weighted by molar-refractivity contribution is 5.70. The van der Waals surface area contributed by atoms with Gasteiger partial charge in [0.15, 0.2) is 0 Å². The standard InChI is InChI=1S/C11H13N.2C10H11N.C6H9N.3C2H6.2CH4/c1-9-7-12(2)8-10-5-3-4-6-11(9)10;1-11-8-4-6-9-5-2-3-7-10(9)11;1-11-7-6-9-4-2-3-5-10(9)8-11;1-7-5-3-2-4-6-7;3*1-2;;/h3,5-8H,4H2,1-2H3;2*2-7H,8H2,1H3;3-6H,2H2,1H3;3*1-2H3;2*1H4. The third-order valence-electron chi connectivity index (χ3n) is 7.19. The van der Waals surface area contributed by atoms with Gasteiger partial charge >= 0.3 is 0 Å². The average molecular weight is 667 g/mol. The zero-order valence-electron chi connectivity index (χ0n) is 31.2. The number of fused-ring (bicyclic) bond motifs is 3. The van der Waals surface area contributed by atoms with E-state index in [4.69, 9.17) is 0 Å². The molecule has 0 fully saturated rings. The number of benzene rings is 2. The maximum Gasteiger partial charge on any atom is 0.0439 e. The summed E-state index contributed by atoms with van der Waals surface area (Å²) in [5.74, 6) is 0. The monoisotopic (exact) mass is 667 g/mol. The molecule has 7 rings (SSSR count). The van der Waals surface area contributed by atoms with Crippen molar-refractivity contribution in [2.75, 3.05) is 39.6 Å². The van der Waals surface area contributed by atoms with Gasteiger partial charge in [0.05, 0.1) is 0 Å². The molecule has 0 saturated carbocycles. The number of nitrogens with zero attached hydrogens (tertiary/aromatic N) is 4. The summed E-state index contributed by atoms with van der Waals surface area (Å²) in [6, 6.07) is 16.9. The van der Waals surface area contributed by atoms with Crippen LogP contribution in [0.2, 0.25) is 0 Å². The van der Waals surface area contributed by atoms with Crippen LogP contribution in [0.25, 0.3) is 12.2 Å². The lowest BCUT2D eigenvalue weighted by atomic mass is 9.93. The fourth-order valence-electron chi connectivity index (χ4n) is 5.09. The van der Waals surface area contributed by atoms with Gasteiger partial charge in [0.1, 0.15) is 0 Å². The van der Waals surface area contributed by atoms with Crippen LogP contribution in [-0.2, 0) is 6.54 Å². The number of likely N-dealkylation sites (N-methyl/N-ethyl adjacent to an activating group) is 1. The highest BCUT2D eigenvalue weighted by Crippen LogP contribution is 2.28. The highest BCUT2D eigenvalue weighted by atomic mass is 15.1. The third kappa shape index (κ3) is 16.5. The Kier molecular flexibility index (Phi) is 26.2. The summed E-state index contributed by atoms with van der Waals surface area (Å²) < 4.78 is 0. The van der Waals surface area contributed by atoms with Crippen molar-refractivity contribution in [1.29, 1.82) is 0 Å². The molecule has 49 heavy (non-hydrogen) atoms. The normalized spacial score (nSPS) is 14.8. The minimum atomic E-state index is 0. The second-order valence-corrected chi connectivity index (χ2v) is 10.8. The van der Waals surface area contributed by atoms with E-state index in [1.165, 1.54) is 39.1 Å². The summed E-state index contributed by atoms with van der Waals surface area (Å²) in [7, 11) is 8.29. The van der Waals surface area contributed by atoms with Crippen molar-refractivity contribution in [3.05, 3.63) is 149 Å². The summed E-state index contributed by atoms with van der Waals surface area (Å²) in [5.41, 5.74) is 9.51. The topological polar surface area (TPSA) is 13.0 Å². The molecule has 0 aromatic heterocycles. The van der Waals surface area contributed by atoms with E-state index in [0.717, 1.165) is 25.9 Å². The van der Waals surface area contributed by atoms with E-state index in [0.29, 0.717) is 0 Å². The van der Waals surface area contributed by atoms with Gasteiger partial charge in [-0.3, -0.25) is 0 Å². The predicted molar refractivity (Wildman–Crippen MR) is 225 cm³/mol. The Morgan fingerprint density at radius 1 is 0.571 bits per heavy atom. The molecule has 4 aliphatic heterocycles. The highest BCUT2D eigenvalue weighted by Gasteiger charge is 2.12. The number of hydrogen-bond donors (Lipinski definition) is 0. The van der Waals surface area contributed by atoms with Crippen molar-refractivity contribution in [1.82, 2.24) is 14.7 Å². The van der Waals surface area contributed by atoms with Gasteiger partial charge in [-0.15, -0.1) is 0 Å². The molecule has 270 valence electrons. The van der Waals surface area contributed by atoms with Gasteiger partial charge in [0.25, 0.3) is 0 Å². The van der Waals surface area contributed by atoms with Crippen LogP contribution in [0, 0.1) is 0 Å². The Labute approximate surface area is 303 Å². The molecule has 5 aliphatic rings. The first-order chi connectivity index (χ1) is 22.9. The Morgan fingerprint density at radius 2 is 1.18 bits per heavy atom.